The molecule has 0 radical (unpaired) electrons. The normalized spacial score (nSPS) is 21.1. The molecule has 1 aliphatic rings. The predicted molar refractivity (Wildman–Crippen MR) is 80.3 cm³/mol. The molecule has 0 bridgehead atoms. The zero-order chi connectivity index (χ0) is 13.4. The van der Waals surface area contributed by atoms with Gasteiger partial charge in [-0.3, -0.25) is 4.57 Å². The van der Waals surface area contributed by atoms with Crippen LogP contribution in [0.3, 0.4) is 0 Å². The van der Waals surface area contributed by atoms with Gasteiger partial charge in [0.1, 0.15) is 0 Å². The topological polar surface area (TPSA) is 36.9 Å². The van der Waals surface area contributed by atoms with Crippen molar-refractivity contribution in [2.24, 2.45) is 0 Å². The third-order valence-corrected chi connectivity index (χ3v) is 4.32. The van der Waals surface area contributed by atoms with Gasteiger partial charge in [-0.2, -0.15) is 0 Å². The summed E-state index contributed by atoms with van der Waals surface area (Å²) < 4.78 is 2.90. The van der Waals surface area contributed by atoms with Gasteiger partial charge in [0.25, 0.3) is 0 Å². The summed E-state index contributed by atoms with van der Waals surface area (Å²) in [5.74, 6) is 0. The molecule has 0 aromatic carbocycles. The number of rotatable bonds is 2. The van der Waals surface area contributed by atoms with Crippen molar-refractivity contribution in [1.82, 2.24) is 19.4 Å². The molecule has 0 amide bonds. The van der Waals surface area contributed by atoms with Crippen LogP contribution in [0.2, 0.25) is 5.02 Å². The van der Waals surface area contributed by atoms with Gasteiger partial charge in [-0.15, -0.1) is 0 Å². The fourth-order valence-corrected chi connectivity index (χ4v) is 3.36. The maximum absolute atomic E-state index is 5.98. The number of nitrogens with one attached hydrogen (secondary N) is 1. The van der Waals surface area contributed by atoms with E-state index in [4.69, 9.17) is 23.8 Å². The molecule has 0 saturated carbocycles. The van der Waals surface area contributed by atoms with E-state index < -0.39 is 0 Å². The molecule has 0 spiro atoms. The Morgan fingerprint density at radius 1 is 1.58 bits per heavy atom. The highest BCUT2D eigenvalue weighted by Crippen LogP contribution is 2.26. The number of likely N-dealkylation sites (tertiary alicyclic amines) is 1. The zero-order valence-corrected chi connectivity index (χ0v) is 12.5. The highest BCUT2D eigenvalue weighted by Gasteiger charge is 2.22. The molecule has 4 nitrogen and oxygen atoms in total. The number of halogens is 1. The van der Waals surface area contributed by atoms with Gasteiger partial charge in [-0.1, -0.05) is 18.5 Å². The summed E-state index contributed by atoms with van der Waals surface area (Å²) in [6, 6.07) is 2.29. The zero-order valence-electron chi connectivity index (χ0n) is 10.9. The van der Waals surface area contributed by atoms with Crippen LogP contribution in [0.4, 0.5) is 0 Å². The van der Waals surface area contributed by atoms with E-state index in [2.05, 4.69) is 26.4 Å². The molecule has 3 heterocycles. The first-order chi connectivity index (χ1) is 9.19. The lowest BCUT2D eigenvalue weighted by Gasteiger charge is -2.32. The quantitative estimate of drug-likeness (QED) is 0.863. The summed E-state index contributed by atoms with van der Waals surface area (Å²) in [6.07, 6.45) is 4.05. The monoisotopic (exact) mass is 296 g/mol. The lowest BCUT2D eigenvalue weighted by atomic mass is 10.1. The number of hydrogen-bond acceptors (Lipinski definition) is 3. The molecular weight excluding hydrogens is 280 g/mol. The van der Waals surface area contributed by atoms with E-state index in [-0.39, 0.29) is 0 Å². The van der Waals surface area contributed by atoms with E-state index in [0.29, 0.717) is 11.1 Å². The van der Waals surface area contributed by atoms with Crippen LogP contribution >= 0.6 is 23.8 Å². The first kappa shape index (κ1) is 13.1. The van der Waals surface area contributed by atoms with Crippen molar-refractivity contribution in [3.63, 3.8) is 0 Å². The number of nitrogens with zero attached hydrogens (tertiary/aromatic N) is 3. The Kier molecular flexibility index (Phi) is 3.60. The SMILES string of the molecule is CCN1CCCC(n2c(=S)[nH]c3cc(Cl)cnc32)C1. The molecule has 1 aliphatic heterocycles. The average Bonchev–Trinajstić information content (AvgIpc) is 2.73. The van der Waals surface area contributed by atoms with Gasteiger partial charge in [-0.05, 0) is 44.2 Å². The van der Waals surface area contributed by atoms with Crippen molar-refractivity contribution < 1.29 is 0 Å². The highest BCUT2D eigenvalue weighted by atomic mass is 35.5. The van der Waals surface area contributed by atoms with E-state index in [1.165, 1.54) is 13.0 Å². The maximum atomic E-state index is 5.98. The van der Waals surface area contributed by atoms with E-state index in [0.717, 1.165) is 35.4 Å². The number of H-pyrrole nitrogens is 1. The highest BCUT2D eigenvalue weighted by molar-refractivity contribution is 7.71. The van der Waals surface area contributed by atoms with Gasteiger partial charge in [0.2, 0.25) is 0 Å². The second-order valence-electron chi connectivity index (χ2n) is 5.01. The van der Waals surface area contributed by atoms with Crippen molar-refractivity contribution in [2.75, 3.05) is 19.6 Å². The Labute approximate surface area is 122 Å². The lowest BCUT2D eigenvalue weighted by Crippen LogP contribution is -2.36. The van der Waals surface area contributed by atoms with Crippen molar-refractivity contribution >= 4 is 35.0 Å². The van der Waals surface area contributed by atoms with Crippen molar-refractivity contribution in [3.8, 4) is 0 Å². The maximum Gasteiger partial charge on any atom is 0.179 e. The minimum absolute atomic E-state index is 0.406. The van der Waals surface area contributed by atoms with Crippen molar-refractivity contribution in [3.05, 3.63) is 22.1 Å². The smallest absolute Gasteiger partial charge is 0.179 e. The van der Waals surface area contributed by atoms with Crippen LogP contribution in [0.25, 0.3) is 11.2 Å². The number of aromatic amines is 1. The second kappa shape index (κ2) is 5.23. The van der Waals surface area contributed by atoms with Crippen LogP contribution in [0.15, 0.2) is 12.3 Å². The first-order valence-electron chi connectivity index (χ1n) is 6.67. The lowest BCUT2D eigenvalue weighted by molar-refractivity contribution is 0.186. The Morgan fingerprint density at radius 2 is 2.42 bits per heavy atom. The Bertz CT molecular complexity index is 648. The summed E-state index contributed by atoms with van der Waals surface area (Å²) in [6.45, 7) is 5.52. The summed E-state index contributed by atoms with van der Waals surface area (Å²) in [7, 11) is 0. The first-order valence-corrected chi connectivity index (χ1v) is 7.45. The fourth-order valence-electron chi connectivity index (χ4n) is 2.86. The molecule has 3 rings (SSSR count). The number of aromatic nitrogens is 3. The number of pyridine rings is 1. The average molecular weight is 297 g/mol. The van der Waals surface area contributed by atoms with Crippen LogP contribution in [0, 0.1) is 4.77 Å². The molecular formula is C13H17ClN4S. The number of likely N-dealkylation sites (N-methyl/N-ethyl adjacent to an activating group) is 1. The molecule has 1 unspecified atom stereocenters. The molecule has 0 aliphatic carbocycles. The molecule has 102 valence electrons. The predicted octanol–water partition coefficient (Wildman–Crippen LogP) is 3.40. The number of hydrogen-bond donors (Lipinski definition) is 1. The summed E-state index contributed by atoms with van der Waals surface area (Å²) >= 11 is 11.4. The van der Waals surface area contributed by atoms with Crippen LogP contribution in [0.5, 0.6) is 0 Å². The van der Waals surface area contributed by atoms with Crippen molar-refractivity contribution in [1.29, 1.82) is 0 Å². The van der Waals surface area contributed by atoms with Crippen LogP contribution in [0.1, 0.15) is 25.8 Å². The number of imidazole rings is 1. The van der Waals surface area contributed by atoms with E-state index in [1.54, 1.807) is 6.20 Å². The molecule has 1 atom stereocenters. The molecule has 1 N–H and O–H groups in total. The van der Waals surface area contributed by atoms with Crippen LogP contribution < -0.4 is 0 Å². The molecule has 2 aromatic heterocycles. The molecule has 1 fully saturated rings. The summed E-state index contributed by atoms with van der Waals surface area (Å²) in [5.41, 5.74) is 1.84. The second-order valence-corrected chi connectivity index (χ2v) is 5.84. The Morgan fingerprint density at radius 3 is 3.21 bits per heavy atom. The molecule has 19 heavy (non-hydrogen) atoms. The van der Waals surface area contributed by atoms with E-state index in [1.807, 2.05) is 6.07 Å². The van der Waals surface area contributed by atoms with Gasteiger partial charge in [0.05, 0.1) is 16.6 Å². The molecule has 6 heteroatoms. The molecule has 2 aromatic rings. The summed E-state index contributed by atoms with van der Waals surface area (Å²) in [4.78, 5) is 10.1. The number of piperidine rings is 1. The van der Waals surface area contributed by atoms with E-state index in [9.17, 15) is 0 Å². The molecule has 1 saturated heterocycles. The van der Waals surface area contributed by atoms with E-state index >= 15 is 0 Å². The van der Waals surface area contributed by atoms with Gasteiger partial charge in [-0.25, -0.2) is 4.98 Å². The van der Waals surface area contributed by atoms with Gasteiger partial charge in [0, 0.05) is 12.7 Å². The van der Waals surface area contributed by atoms with Crippen LogP contribution in [-0.4, -0.2) is 39.1 Å². The third kappa shape index (κ3) is 2.42. The Hall–Kier alpha value is -0.910. The standard InChI is InChI=1S/C13H17ClN4S/c1-2-17-5-3-4-10(8-17)18-12-11(16-13(18)19)6-9(14)7-15-12/h6-7,10H,2-5,8H2,1H3,(H,16,19). The fraction of sp³-hybridized carbons (Fsp3) is 0.538. The van der Waals surface area contributed by atoms with Crippen LogP contribution in [-0.2, 0) is 0 Å². The largest absolute Gasteiger partial charge is 0.329 e. The summed E-state index contributed by atoms with van der Waals surface area (Å²) in [5, 5.41) is 0.634. The van der Waals surface area contributed by atoms with Gasteiger partial charge in [0.15, 0.2) is 10.4 Å². The minimum atomic E-state index is 0.406. The third-order valence-electron chi connectivity index (χ3n) is 3.81. The minimum Gasteiger partial charge on any atom is -0.329 e. The Balaban J connectivity index is 2.04. The van der Waals surface area contributed by atoms with Gasteiger partial charge < -0.3 is 9.88 Å². The van der Waals surface area contributed by atoms with Gasteiger partial charge >= 0.3 is 0 Å². The number of fused-ring (bicyclic) bond motifs is 1. The van der Waals surface area contributed by atoms with Crippen molar-refractivity contribution in [2.45, 2.75) is 25.8 Å².